The lowest BCUT2D eigenvalue weighted by Gasteiger charge is -2.60. The summed E-state index contributed by atoms with van der Waals surface area (Å²) in [6, 6.07) is 5.86. The molecular weight excluding hydrogens is 409 g/mol. The van der Waals surface area contributed by atoms with Crippen LogP contribution in [0.1, 0.15) is 63.4 Å². The number of carbonyl (C=O) groups is 3. The van der Waals surface area contributed by atoms with Crippen LogP contribution in [0.3, 0.4) is 0 Å². The molecule has 0 unspecified atom stereocenters. The Morgan fingerprint density at radius 3 is 2.12 bits per heavy atom. The van der Waals surface area contributed by atoms with Gasteiger partial charge in [-0.15, -0.1) is 0 Å². The number of benzene rings is 1. The van der Waals surface area contributed by atoms with Gasteiger partial charge in [0, 0.05) is 12.1 Å². The summed E-state index contributed by atoms with van der Waals surface area (Å²) in [6.45, 7) is 0.176. The Hall–Kier alpha value is -2.44. The lowest BCUT2D eigenvalue weighted by atomic mass is 9.52. The van der Waals surface area contributed by atoms with Gasteiger partial charge in [-0.25, -0.2) is 9.18 Å². The van der Waals surface area contributed by atoms with Crippen LogP contribution in [-0.2, 0) is 16.1 Å². The highest BCUT2D eigenvalue weighted by molar-refractivity contribution is 6.09. The van der Waals surface area contributed by atoms with Gasteiger partial charge in [0.2, 0.25) is 5.91 Å². The highest BCUT2D eigenvalue weighted by Gasteiger charge is 2.57. The highest BCUT2D eigenvalue weighted by Crippen LogP contribution is 2.58. The summed E-state index contributed by atoms with van der Waals surface area (Å²) in [7, 11) is 0. The molecular formula is C25H30FN3O3. The van der Waals surface area contributed by atoms with Gasteiger partial charge in [-0.1, -0.05) is 12.1 Å². The fourth-order valence-corrected chi connectivity index (χ4v) is 7.60. The molecule has 1 heterocycles. The second-order valence-corrected chi connectivity index (χ2v) is 11.0. The molecule has 1 N–H and O–H groups in total. The molecule has 7 heteroatoms. The van der Waals surface area contributed by atoms with Crippen LogP contribution in [0.15, 0.2) is 24.3 Å². The standard InChI is InChI=1S/C25H30FN3O3/c26-20-4-2-16(3-5-20)14-29(24-11-17-8-18(12-24)10-19(9-17)13-24)21(30)15-28-22(31)25(6-1-7-25)27-23(28)32/h2-5,17-19H,1,6-15H2,(H,27,32). The Bertz CT molecular complexity index is 936. The van der Waals surface area contributed by atoms with Gasteiger partial charge >= 0.3 is 6.03 Å². The molecule has 6 aliphatic rings. The first-order valence-corrected chi connectivity index (χ1v) is 12.0. The summed E-state index contributed by atoms with van der Waals surface area (Å²) < 4.78 is 13.5. The van der Waals surface area contributed by atoms with Gasteiger partial charge in [0.1, 0.15) is 17.9 Å². The number of rotatable bonds is 5. The maximum absolute atomic E-state index is 13.8. The van der Waals surface area contributed by atoms with Gasteiger partial charge < -0.3 is 10.2 Å². The molecule has 1 saturated heterocycles. The lowest BCUT2D eigenvalue weighted by Crippen LogP contribution is -2.62. The minimum absolute atomic E-state index is 0.170. The van der Waals surface area contributed by atoms with E-state index in [0.717, 1.165) is 36.1 Å². The maximum atomic E-state index is 13.8. The van der Waals surface area contributed by atoms with Gasteiger partial charge in [-0.05, 0) is 93.2 Å². The van der Waals surface area contributed by atoms with Crippen LogP contribution in [0, 0.1) is 23.6 Å². The third-order valence-corrected chi connectivity index (χ3v) is 8.88. The van der Waals surface area contributed by atoms with Crippen molar-refractivity contribution < 1.29 is 18.8 Å². The summed E-state index contributed by atoms with van der Waals surface area (Å²) in [4.78, 5) is 42.4. The largest absolute Gasteiger partial charge is 0.331 e. The molecule has 170 valence electrons. The Morgan fingerprint density at radius 1 is 1.03 bits per heavy atom. The number of urea groups is 1. The fourth-order valence-electron chi connectivity index (χ4n) is 7.60. The van der Waals surface area contributed by atoms with Crippen molar-refractivity contribution in [2.24, 2.45) is 17.8 Å². The first-order chi connectivity index (χ1) is 15.4. The van der Waals surface area contributed by atoms with E-state index < -0.39 is 11.6 Å². The van der Waals surface area contributed by atoms with E-state index in [-0.39, 0.29) is 29.7 Å². The molecule has 6 fully saturated rings. The smallest absolute Gasteiger partial charge is 0.325 e. The van der Waals surface area contributed by atoms with Crippen LogP contribution in [-0.4, -0.2) is 45.3 Å². The number of amides is 4. The van der Waals surface area contributed by atoms with Crippen molar-refractivity contribution in [3.63, 3.8) is 0 Å². The van der Waals surface area contributed by atoms with Crippen LogP contribution >= 0.6 is 0 Å². The highest BCUT2D eigenvalue weighted by atomic mass is 19.1. The first-order valence-electron chi connectivity index (χ1n) is 12.0. The van der Waals surface area contributed by atoms with E-state index in [4.69, 9.17) is 0 Å². The Balaban J connectivity index is 1.29. The van der Waals surface area contributed by atoms with E-state index in [2.05, 4.69) is 5.32 Å². The number of halogens is 1. The number of imide groups is 1. The minimum atomic E-state index is -0.778. The predicted molar refractivity (Wildman–Crippen MR) is 115 cm³/mol. The van der Waals surface area contributed by atoms with E-state index in [9.17, 15) is 18.8 Å². The molecule has 7 rings (SSSR count). The van der Waals surface area contributed by atoms with Gasteiger partial charge in [0.05, 0.1) is 0 Å². The molecule has 4 bridgehead atoms. The molecule has 0 aromatic heterocycles. The summed E-state index contributed by atoms with van der Waals surface area (Å²) in [5, 5.41) is 2.83. The first kappa shape index (κ1) is 20.2. The number of hydrogen-bond acceptors (Lipinski definition) is 3. The van der Waals surface area contributed by atoms with Crippen LogP contribution in [0.5, 0.6) is 0 Å². The Kier molecular flexibility index (Phi) is 4.43. The fraction of sp³-hybridized carbons (Fsp3) is 0.640. The number of hydrogen-bond donors (Lipinski definition) is 1. The lowest BCUT2D eigenvalue weighted by molar-refractivity contribution is -0.155. The molecule has 5 aliphatic carbocycles. The summed E-state index contributed by atoms with van der Waals surface area (Å²) in [5.41, 5.74) is -0.115. The molecule has 5 saturated carbocycles. The zero-order valence-electron chi connectivity index (χ0n) is 18.3. The minimum Gasteiger partial charge on any atom is -0.331 e. The van der Waals surface area contributed by atoms with Crippen molar-refractivity contribution in [3.8, 4) is 0 Å². The topological polar surface area (TPSA) is 69.7 Å². The summed E-state index contributed by atoms with van der Waals surface area (Å²) >= 11 is 0. The summed E-state index contributed by atoms with van der Waals surface area (Å²) in [6.07, 6.45) is 8.97. The monoisotopic (exact) mass is 439 g/mol. The molecule has 0 radical (unpaired) electrons. The second kappa shape index (κ2) is 7.03. The van der Waals surface area contributed by atoms with Gasteiger partial charge in [0.15, 0.2) is 0 Å². The number of nitrogens with one attached hydrogen (secondary N) is 1. The van der Waals surface area contributed by atoms with E-state index in [1.54, 1.807) is 12.1 Å². The number of carbonyl (C=O) groups excluding carboxylic acids is 3. The summed E-state index contributed by atoms with van der Waals surface area (Å²) in [5.74, 6) is 1.23. The average Bonchev–Trinajstić information content (AvgIpc) is 2.97. The number of nitrogens with zero attached hydrogens (tertiary/aromatic N) is 2. The van der Waals surface area contributed by atoms with Crippen molar-refractivity contribution >= 4 is 17.8 Å². The molecule has 1 spiro atoms. The van der Waals surface area contributed by atoms with E-state index in [0.29, 0.717) is 37.1 Å². The van der Waals surface area contributed by atoms with Crippen molar-refractivity contribution in [2.45, 2.75) is 75.4 Å². The molecule has 4 amide bonds. The van der Waals surface area contributed by atoms with Gasteiger partial charge in [-0.2, -0.15) is 0 Å². The molecule has 32 heavy (non-hydrogen) atoms. The van der Waals surface area contributed by atoms with Crippen LogP contribution in [0.2, 0.25) is 0 Å². The van der Waals surface area contributed by atoms with E-state index in [1.807, 2.05) is 4.90 Å². The predicted octanol–water partition coefficient (Wildman–Crippen LogP) is 3.60. The molecule has 1 aromatic carbocycles. The van der Waals surface area contributed by atoms with Gasteiger partial charge in [-0.3, -0.25) is 14.5 Å². The molecule has 1 aromatic rings. The van der Waals surface area contributed by atoms with E-state index in [1.165, 1.54) is 31.4 Å². The average molecular weight is 440 g/mol. The quantitative estimate of drug-likeness (QED) is 0.713. The zero-order valence-corrected chi connectivity index (χ0v) is 18.3. The van der Waals surface area contributed by atoms with Crippen LogP contribution < -0.4 is 5.32 Å². The third kappa shape index (κ3) is 3.07. The van der Waals surface area contributed by atoms with Gasteiger partial charge in [0.25, 0.3) is 5.91 Å². The van der Waals surface area contributed by atoms with Crippen molar-refractivity contribution in [1.82, 2.24) is 15.1 Å². The molecule has 1 aliphatic heterocycles. The zero-order chi connectivity index (χ0) is 22.1. The van der Waals surface area contributed by atoms with Crippen LogP contribution in [0.25, 0.3) is 0 Å². The van der Waals surface area contributed by atoms with Crippen molar-refractivity contribution in [2.75, 3.05) is 6.54 Å². The SMILES string of the molecule is O=C1NC2(CCC2)C(=O)N1CC(=O)N(Cc1ccc(F)cc1)C12CC3CC(CC(C3)C1)C2. The van der Waals surface area contributed by atoms with Crippen molar-refractivity contribution in [1.29, 1.82) is 0 Å². The second-order valence-electron chi connectivity index (χ2n) is 11.0. The maximum Gasteiger partial charge on any atom is 0.325 e. The Labute approximate surface area is 187 Å². The third-order valence-electron chi connectivity index (χ3n) is 8.88. The normalized spacial score (nSPS) is 34.0. The Morgan fingerprint density at radius 2 is 1.62 bits per heavy atom. The van der Waals surface area contributed by atoms with E-state index >= 15 is 0 Å². The van der Waals surface area contributed by atoms with Crippen LogP contribution in [0.4, 0.5) is 9.18 Å². The molecule has 6 nitrogen and oxygen atoms in total. The molecule has 0 atom stereocenters. The van der Waals surface area contributed by atoms with Crippen molar-refractivity contribution in [3.05, 3.63) is 35.6 Å².